The van der Waals surface area contributed by atoms with Crippen molar-refractivity contribution in [3.05, 3.63) is 75.7 Å². The lowest BCUT2D eigenvalue weighted by Crippen LogP contribution is -2.31. The maximum Gasteiger partial charge on any atom is 0.416 e. The molecule has 0 atom stereocenters. The molecule has 0 aliphatic carbocycles. The van der Waals surface area contributed by atoms with E-state index in [1.807, 2.05) is 0 Å². The fourth-order valence-corrected chi connectivity index (χ4v) is 3.57. The molecule has 0 spiro atoms. The Morgan fingerprint density at radius 3 is 2.42 bits per heavy atom. The van der Waals surface area contributed by atoms with E-state index in [4.69, 9.17) is 0 Å². The highest BCUT2D eigenvalue weighted by Gasteiger charge is 2.31. The molecule has 0 aliphatic rings. The first kappa shape index (κ1) is 22.5. The van der Waals surface area contributed by atoms with Gasteiger partial charge in [-0.25, -0.2) is 13.4 Å². The number of sulfonamides is 1. The van der Waals surface area contributed by atoms with E-state index in [0.717, 1.165) is 24.0 Å². The number of alkyl halides is 3. The van der Waals surface area contributed by atoms with Crippen LogP contribution in [0.15, 0.2) is 53.3 Å². The molecule has 0 aliphatic heterocycles. The Balaban J connectivity index is 2.07. The Morgan fingerprint density at radius 1 is 1.13 bits per heavy atom. The summed E-state index contributed by atoms with van der Waals surface area (Å²) in [4.78, 5) is 28.8. The number of halogens is 3. The topological polar surface area (TPSA) is 98.1 Å². The number of nitrogens with one attached hydrogen (secondary N) is 1. The molecule has 0 unspecified atom stereocenters. The van der Waals surface area contributed by atoms with Crippen LogP contribution >= 0.6 is 0 Å². The highest BCUT2D eigenvalue weighted by molar-refractivity contribution is 7.89. The minimum atomic E-state index is -4.59. The lowest BCUT2D eigenvalue weighted by molar-refractivity contribution is -0.137. The molecule has 11 heteroatoms. The van der Waals surface area contributed by atoms with E-state index >= 15 is 0 Å². The fraction of sp³-hybridized carbons (Fsp3) is 0.250. The van der Waals surface area contributed by atoms with E-state index in [1.54, 1.807) is 35.1 Å². The molecule has 1 N–H and O–H groups in total. The fourth-order valence-electron chi connectivity index (χ4n) is 3.05. The summed E-state index contributed by atoms with van der Waals surface area (Å²) in [7, 11) is -3.77. The van der Waals surface area contributed by atoms with Crippen molar-refractivity contribution in [3.63, 3.8) is 0 Å². The second-order valence-electron chi connectivity index (χ2n) is 6.93. The smallest absolute Gasteiger partial charge is 0.301 e. The van der Waals surface area contributed by atoms with Crippen molar-refractivity contribution in [3.8, 4) is 0 Å². The summed E-state index contributed by atoms with van der Waals surface area (Å²) in [5.41, 5.74) is -0.708. The van der Waals surface area contributed by atoms with Gasteiger partial charge in [-0.2, -0.15) is 13.2 Å². The number of aromatic nitrogens is 2. The van der Waals surface area contributed by atoms with E-state index in [0.29, 0.717) is 0 Å². The molecule has 0 radical (unpaired) electrons. The van der Waals surface area contributed by atoms with Crippen molar-refractivity contribution < 1.29 is 26.4 Å². The molecule has 2 aromatic carbocycles. The van der Waals surface area contributed by atoms with Crippen LogP contribution in [-0.2, 0) is 34.0 Å². The molecule has 1 heterocycles. The van der Waals surface area contributed by atoms with Crippen molar-refractivity contribution in [1.29, 1.82) is 0 Å². The van der Waals surface area contributed by atoms with Gasteiger partial charge >= 0.3 is 6.18 Å². The number of aryl methyl sites for hydroxylation is 1. The molecule has 31 heavy (non-hydrogen) atoms. The van der Waals surface area contributed by atoms with E-state index in [9.17, 15) is 31.2 Å². The molecule has 1 amide bonds. The van der Waals surface area contributed by atoms with Gasteiger partial charge in [-0.05, 0) is 23.8 Å². The Morgan fingerprint density at radius 2 is 1.81 bits per heavy atom. The summed E-state index contributed by atoms with van der Waals surface area (Å²) in [5, 5.41) is 0. The number of carbonyl (C=O) groups is 1. The Kier molecular flexibility index (Phi) is 6.16. The van der Waals surface area contributed by atoms with Gasteiger partial charge in [0.05, 0.1) is 29.4 Å². The van der Waals surface area contributed by atoms with Crippen molar-refractivity contribution in [1.82, 2.24) is 14.3 Å². The van der Waals surface area contributed by atoms with Gasteiger partial charge in [0.15, 0.2) is 0 Å². The maximum atomic E-state index is 13.1. The molecule has 0 bridgehead atoms. The number of benzene rings is 2. The Labute approximate surface area is 175 Å². The van der Waals surface area contributed by atoms with Crippen LogP contribution in [0.1, 0.15) is 23.2 Å². The second kappa shape index (κ2) is 8.50. The van der Waals surface area contributed by atoms with Gasteiger partial charge in [-0.15, -0.1) is 0 Å². The highest BCUT2D eigenvalue weighted by atomic mass is 32.2. The lowest BCUT2D eigenvalue weighted by atomic mass is 10.1. The van der Waals surface area contributed by atoms with E-state index < -0.39 is 33.2 Å². The molecular weight excluding hydrogens is 435 g/mol. The van der Waals surface area contributed by atoms with Crippen LogP contribution in [0.4, 0.5) is 13.2 Å². The van der Waals surface area contributed by atoms with Gasteiger partial charge in [0.1, 0.15) is 5.69 Å². The number of amides is 1. The predicted octanol–water partition coefficient (Wildman–Crippen LogP) is 2.47. The van der Waals surface area contributed by atoms with Crippen molar-refractivity contribution in [2.75, 3.05) is 6.26 Å². The standard InChI is InChI=1S/C20H18F3N3O4S/c1-31(29,30)25-18(27)10-8-15-19(28)26(12-13-5-3-2-4-6-13)17-9-7-14(20(21,22)23)11-16(17)24-15/h2-7,9,11H,8,10,12H2,1H3,(H,25,27). The molecule has 0 fully saturated rings. The third kappa shape index (κ3) is 5.69. The summed E-state index contributed by atoms with van der Waals surface area (Å²) >= 11 is 0. The zero-order valence-electron chi connectivity index (χ0n) is 16.3. The van der Waals surface area contributed by atoms with Gasteiger partial charge in [0.2, 0.25) is 15.9 Å². The number of hydrogen-bond acceptors (Lipinski definition) is 5. The van der Waals surface area contributed by atoms with Crippen LogP contribution in [0, 0.1) is 0 Å². The quantitative estimate of drug-likeness (QED) is 0.618. The summed E-state index contributed by atoms with van der Waals surface area (Å²) < 4.78 is 64.8. The minimum Gasteiger partial charge on any atom is -0.301 e. The molecule has 0 saturated carbocycles. The summed E-state index contributed by atoms with van der Waals surface area (Å²) in [6.45, 7) is 0.0899. The van der Waals surface area contributed by atoms with Crippen LogP contribution in [0.5, 0.6) is 0 Å². The van der Waals surface area contributed by atoms with E-state index in [1.165, 1.54) is 10.6 Å². The predicted molar refractivity (Wildman–Crippen MR) is 108 cm³/mol. The average molecular weight is 453 g/mol. The van der Waals surface area contributed by atoms with Crippen molar-refractivity contribution in [2.24, 2.45) is 0 Å². The van der Waals surface area contributed by atoms with Crippen LogP contribution < -0.4 is 10.3 Å². The van der Waals surface area contributed by atoms with Crippen molar-refractivity contribution >= 4 is 27.0 Å². The lowest BCUT2D eigenvalue weighted by Gasteiger charge is -2.14. The largest absolute Gasteiger partial charge is 0.416 e. The van der Waals surface area contributed by atoms with E-state index in [2.05, 4.69) is 4.98 Å². The molecule has 164 valence electrons. The third-order valence-corrected chi connectivity index (χ3v) is 5.01. The number of nitrogens with zero attached hydrogens (tertiary/aromatic N) is 2. The van der Waals surface area contributed by atoms with Gasteiger partial charge in [0, 0.05) is 12.8 Å². The molecule has 3 aromatic rings. The Bertz CT molecular complexity index is 1290. The third-order valence-electron chi connectivity index (χ3n) is 4.41. The van der Waals surface area contributed by atoms with Crippen LogP contribution in [-0.4, -0.2) is 30.1 Å². The molecule has 3 rings (SSSR count). The van der Waals surface area contributed by atoms with Gasteiger partial charge in [0.25, 0.3) is 5.56 Å². The van der Waals surface area contributed by atoms with Gasteiger partial charge < -0.3 is 4.57 Å². The highest BCUT2D eigenvalue weighted by Crippen LogP contribution is 2.31. The van der Waals surface area contributed by atoms with Crippen LogP contribution in [0.3, 0.4) is 0 Å². The van der Waals surface area contributed by atoms with E-state index in [-0.39, 0.29) is 36.1 Å². The van der Waals surface area contributed by atoms with Crippen molar-refractivity contribution in [2.45, 2.75) is 25.6 Å². The van der Waals surface area contributed by atoms with Crippen LogP contribution in [0.25, 0.3) is 11.0 Å². The normalized spacial score (nSPS) is 12.1. The minimum absolute atomic E-state index is 0.0520. The Hall–Kier alpha value is -3.21. The van der Waals surface area contributed by atoms with Gasteiger partial charge in [-0.1, -0.05) is 30.3 Å². The monoisotopic (exact) mass is 453 g/mol. The summed E-state index contributed by atoms with van der Waals surface area (Å²) in [6.07, 6.45) is -4.39. The maximum absolute atomic E-state index is 13.1. The first-order valence-electron chi connectivity index (χ1n) is 9.09. The number of rotatable bonds is 6. The second-order valence-corrected chi connectivity index (χ2v) is 8.68. The zero-order chi connectivity index (χ0) is 22.8. The number of fused-ring (bicyclic) bond motifs is 1. The first-order valence-corrected chi connectivity index (χ1v) is 11.0. The summed E-state index contributed by atoms with van der Waals surface area (Å²) in [6, 6.07) is 11.8. The SMILES string of the molecule is CS(=O)(=O)NC(=O)CCc1nc2cc(C(F)(F)F)ccc2n(Cc2ccccc2)c1=O. The molecule has 1 aromatic heterocycles. The average Bonchev–Trinajstić information content (AvgIpc) is 2.67. The molecule has 0 saturated heterocycles. The molecular formula is C20H18F3N3O4S. The summed E-state index contributed by atoms with van der Waals surface area (Å²) in [5.74, 6) is -0.845. The van der Waals surface area contributed by atoms with Gasteiger partial charge in [-0.3, -0.25) is 14.3 Å². The number of carbonyl (C=O) groups excluding carboxylic acids is 1. The zero-order valence-corrected chi connectivity index (χ0v) is 17.1. The van der Waals surface area contributed by atoms with Crippen LogP contribution in [0.2, 0.25) is 0 Å². The first-order chi connectivity index (χ1) is 14.4. The molecule has 7 nitrogen and oxygen atoms in total. The number of hydrogen-bond donors (Lipinski definition) is 1.